The van der Waals surface area contributed by atoms with Crippen LogP contribution in [0.25, 0.3) is 11.1 Å². The minimum Gasteiger partial charge on any atom is -0.441 e. The van der Waals surface area contributed by atoms with E-state index in [1.54, 1.807) is 0 Å². The van der Waals surface area contributed by atoms with E-state index >= 15 is 0 Å². The molecule has 86 valence electrons. The molecule has 0 aliphatic rings. The van der Waals surface area contributed by atoms with Crippen LogP contribution in [0.2, 0.25) is 0 Å². The third-order valence-electron chi connectivity index (χ3n) is 2.35. The van der Waals surface area contributed by atoms with Crippen molar-refractivity contribution in [3.05, 3.63) is 24.1 Å². The number of aryl methyl sites for hydroxylation is 1. The maximum absolute atomic E-state index is 5.42. The second kappa shape index (κ2) is 5.25. The number of oxazole rings is 1. The number of nitrogens with zero attached hydrogens (tertiary/aromatic N) is 1. The van der Waals surface area contributed by atoms with Crippen molar-refractivity contribution >= 4 is 28.5 Å². The van der Waals surface area contributed by atoms with Crippen molar-refractivity contribution in [2.24, 2.45) is 0 Å². The number of rotatable bonds is 5. The Morgan fingerprint density at radius 3 is 3.12 bits per heavy atom. The van der Waals surface area contributed by atoms with Crippen molar-refractivity contribution in [1.29, 1.82) is 0 Å². The van der Waals surface area contributed by atoms with Crippen LogP contribution in [-0.4, -0.2) is 23.5 Å². The molecule has 0 aliphatic heterocycles. The molecule has 0 spiro atoms. The van der Waals surface area contributed by atoms with Gasteiger partial charge in [-0.2, -0.15) is 11.8 Å². The van der Waals surface area contributed by atoms with Gasteiger partial charge in [-0.05, 0) is 36.6 Å². The summed E-state index contributed by atoms with van der Waals surface area (Å²) in [5.74, 6) is 1.91. The first-order chi connectivity index (χ1) is 7.79. The Kier molecular flexibility index (Phi) is 3.72. The fourth-order valence-electron chi connectivity index (χ4n) is 1.60. The molecule has 1 aromatic heterocycles. The number of hydrogen-bond donors (Lipinski definition) is 1. The molecular weight excluding hydrogens is 220 g/mol. The van der Waals surface area contributed by atoms with E-state index < -0.39 is 0 Å². The molecule has 0 unspecified atom stereocenters. The van der Waals surface area contributed by atoms with E-state index in [-0.39, 0.29) is 0 Å². The van der Waals surface area contributed by atoms with Crippen molar-refractivity contribution in [1.82, 2.24) is 4.98 Å². The van der Waals surface area contributed by atoms with Crippen LogP contribution in [0.3, 0.4) is 0 Å². The molecule has 3 nitrogen and oxygen atoms in total. The van der Waals surface area contributed by atoms with Crippen molar-refractivity contribution in [2.75, 3.05) is 23.9 Å². The van der Waals surface area contributed by atoms with Crippen LogP contribution in [0.1, 0.15) is 12.3 Å². The molecule has 4 heteroatoms. The lowest BCUT2D eigenvalue weighted by molar-refractivity contribution is 0.561. The summed E-state index contributed by atoms with van der Waals surface area (Å²) in [7, 11) is 0. The van der Waals surface area contributed by atoms with Gasteiger partial charge in [0, 0.05) is 19.2 Å². The van der Waals surface area contributed by atoms with Crippen LogP contribution in [0.15, 0.2) is 22.6 Å². The monoisotopic (exact) mass is 236 g/mol. The topological polar surface area (TPSA) is 38.1 Å². The zero-order valence-electron chi connectivity index (χ0n) is 9.62. The molecule has 0 saturated heterocycles. The molecule has 0 bridgehead atoms. The average Bonchev–Trinajstić information content (AvgIpc) is 2.64. The smallest absolute Gasteiger partial charge is 0.192 e. The minimum atomic E-state index is 0.717. The van der Waals surface area contributed by atoms with Crippen molar-refractivity contribution < 1.29 is 4.42 Å². The van der Waals surface area contributed by atoms with Gasteiger partial charge in [-0.25, -0.2) is 4.98 Å². The number of fused-ring (bicyclic) bond motifs is 1. The highest BCUT2D eigenvalue weighted by Crippen LogP contribution is 2.19. The number of thioether (sulfide) groups is 1. The van der Waals surface area contributed by atoms with Gasteiger partial charge in [0.15, 0.2) is 11.5 Å². The lowest BCUT2D eigenvalue weighted by atomic mass is 10.3. The normalized spacial score (nSPS) is 10.9. The quantitative estimate of drug-likeness (QED) is 0.808. The molecule has 0 aliphatic carbocycles. The molecule has 0 saturated carbocycles. The maximum Gasteiger partial charge on any atom is 0.192 e. The summed E-state index contributed by atoms with van der Waals surface area (Å²) in [6.07, 6.45) is 3.31. The number of benzene rings is 1. The number of hydrogen-bond acceptors (Lipinski definition) is 4. The molecule has 1 aromatic carbocycles. The van der Waals surface area contributed by atoms with Crippen molar-refractivity contribution in [3.63, 3.8) is 0 Å². The van der Waals surface area contributed by atoms with E-state index in [4.69, 9.17) is 4.42 Å². The number of anilines is 1. The zero-order valence-corrected chi connectivity index (χ0v) is 10.4. The van der Waals surface area contributed by atoms with E-state index in [9.17, 15) is 0 Å². The lowest BCUT2D eigenvalue weighted by Crippen LogP contribution is -2.02. The molecule has 0 fully saturated rings. The van der Waals surface area contributed by atoms with Gasteiger partial charge >= 0.3 is 0 Å². The summed E-state index contributed by atoms with van der Waals surface area (Å²) in [5.41, 5.74) is 2.89. The first-order valence-electron chi connectivity index (χ1n) is 5.39. The first-order valence-corrected chi connectivity index (χ1v) is 6.79. The Morgan fingerprint density at radius 2 is 2.31 bits per heavy atom. The Bertz CT molecular complexity index is 467. The van der Waals surface area contributed by atoms with E-state index in [1.807, 2.05) is 36.9 Å². The Balaban J connectivity index is 2.02. The first kappa shape index (κ1) is 11.3. The zero-order chi connectivity index (χ0) is 11.4. The summed E-state index contributed by atoms with van der Waals surface area (Å²) in [4.78, 5) is 4.31. The number of aromatic nitrogens is 1. The highest BCUT2D eigenvalue weighted by Gasteiger charge is 2.02. The van der Waals surface area contributed by atoms with Crippen LogP contribution >= 0.6 is 11.8 Å². The average molecular weight is 236 g/mol. The molecule has 2 aromatic rings. The van der Waals surface area contributed by atoms with Gasteiger partial charge in [0.25, 0.3) is 0 Å². The van der Waals surface area contributed by atoms with Gasteiger partial charge in [-0.15, -0.1) is 0 Å². The fraction of sp³-hybridized carbons (Fsp3) is 0.417. The van der Waals surface area contributed by atoms with E-state index in [0.717, 1.165) is 29.2 Å². The molecule has 0 radical (unpaired) electrons. The summed E-state index contributed by atoms with van der Waals surface area (Å²) in [6, 6.07) is 6.03. The Labute approximate surface area is 99.6 Å². The summed E-state index contributed by atoms with van der Waals surface area (Å²) >= 11 is 1.88. The fourth-order valence-corrected chi connectivity index (χ4v) is 2.03. The Morgan fingerprint density at radius 1 is 1.44 bits per heavy atom. The summed E-state index contributed by atoms with van der Waals surface area (Å²) < 4.78 is 5.42. The molecule has 0 amide bonds. The van der Waals surface area contributed by atoms with Gasteiger partial charge < -0.3 is 9.73 Å². The molecule has 2 rings (SSSR count). The minimum absolute atomic E-state index is 0.717. The highest BCUT2D eigenvalue weighted by atomic mass is 32.2. The summed E-state index contributed by atoms with van der Waals surface area (Å²) in [6.45, 7) is 2.87. The van der Waals surface area contributed by atoms with Gasteiger partial charge in [0.1, 0.15) is 5.52 Å². The van der Waals surface area contributed by atoms with E-state index in [0.29, 0.717) is 0 Å². The van der Waals surface area contributed by atoms with Crippen molar-refractivity contribution in [3.8, 4) is 0 Å². The number of nitrogens with one attached hydrogen (secondary N) is 1. The Hall–Kier alpha value is -1.16. The maximum atomic E-state index is 5.42. The van der Waals surface area contributed by atoms with Gasteiger partial charge in [-0.1, -0.05) is 0 Å². The van der Waals surface area contributed by atoms with Crippen LogP contribution < -0.4 is 5.32 Å². The van der Waals surface area contributed by atoms with Crippen LogP contribution in [0.4, 0.5) is 5.69 Å². The molecule has 0 atom stereocenters. The highest BCUT2D eigenvalue weighted by molar-refractivity contribution is 7.98. The predicted molar refractivity (Wildman–Crippen MR) is 70.2 cm³/mol. The van der Waals surface area contributed by atoms with Crippen LogP contribution in [-0.2, 0) is 0 Å². The standard InChI is InChI=1S/C12H16N2OS/c1-9-14-11-8-10(4-5-12(11)15-9)13-6-3-7-16-2/h4-5,8,13H,3,6-7H2,1-2H3. The van der Waals surface area contributed by atoms with Crippen LogP contribution in [0, 0.1) is 6.92 Å². The third-order valence-corrected chi connectivity index (χ3v) is 3.05. The predicted octanol–water partition coefficient (Wildman–Crippen LogP) is 3.30. The lowest BCUT2D eigenvalue weighted by Gasteiger charge is -2.04. The third kappa shape index (κ3) is 2.70. The molecule has 1 heterocycles. The molecule has 1 N–H and O–H groups in total. The van der Waals surface area contributed by atoms with Crippen LogP contribution in [0.5, 0.6) is 0 Å². The van der Waals surface area contributed by atoms with Gasteiger partial charge in [0.2, 0.25) is 0 Å². The van der Waals surface area contributed by atoms with Gasteiger partial charge in [0.05, 0.1) is 0 Å². The second-order valence-corrected chi connectivity index (χ2v) is 4.67. The SMILES string of the molecule is CSCCCNc1ccc2oc(C)nc2c1. The second-order valence-electron chi connectivity index (χ2n) is 3.69. The molecular formula is C12H16N2OS. The summed E-state index contributed by atoms with van der Waals surface area (Å²) in [5, 5.41) is 3.39. The largest absolute Gasteiger partial charge is 0.441 e. The van der Waals surface area contributed by atoms with Gasteiger partial charge in [-0.3, -0.25) is 0 Å². The molecule has 16 heavy (non-hydrogen) atoms. The van der Waals surface area contributed by atoms with Crippen molar-refractivity contribution in [2.45, 2.75) is 13.3 Å². The van der Waals surface area contributed by atoms with E-state index in [1.165, 1.54) is 12.2 Å². The van der Waals surface area contributed by atoms with E-state index in [2.05, 4.69) is 16.6 Å².